The van der Waals surface area contributed by atoms with E-state index in [9.17, 15) is 0 Å². The van der Waals surface area contributed by atoms with E-state index >= 15 is 0 Å². The molecule has 0 spiro atoms. The molecule has 0 radical (unpaired) electrons. The second kappa shape index (κ2) is 4.23. The third-order valence-corrected chi connectivity index (χ3v) is 2.48. The first-order chi connectivity index (χ1) is 7.22. The summed E-state index contributed by atoms with van der Waals surface area (Å²) in [5, 5.41) is 0. The molecule has 0 amide bonds. The monoisotopic (exact) mass is 226 g/mol. The molecule has 1 aromatic rings. The van der Waals surface area contributed by atoms with E-state index in [0.29, 0.717) is 11.9 Å². The number of thiol groups is 1. The molecule has 4 heteroatoms. The van der Waals surface area contributed by atoms with Crippen LogP contribution in [0.15, 0.2) is 12.1 Å². The summed E-state index contributed by atoms with van der Waals surface area (Å²) in [6, 6.07) is 3.85. The molecule has 15 heavy (non-hydrogen) atoms. The Balaban J connectivity index is 2.42. The second-order valence-corrected chi connectivity index (χ2v) is 3.93. The van der Waals surface area contributed by atoms with E-state index in [-0.39, 0.29) is 6.79 Å². The zero-order valence-corrected chi connectivity index (χ0v) is 9.71. The molecule has 0 fully saturated rings. The van der Waals surface area contributed by atoms with E-state index < -0.39 is 0 Å². The molecule has 1 aliphatic rings. The van der Waals surface area contributed by atoms with Crippen LogP contribution in [0, 0.1) is 0 Å². The zero-order valence-electron chi connectivity index (χ0n) is 8.82. The first kappa shape index (κ1) is 10.5. The van der Waals surface area contributed by atoms with Gasteiger partial charge in [0.05, 0.1) is 0 Å². The van der Waals surface area contributed by atoms with Crippen LogP contribution in [0.3, 0.4) is 0 Å². The SMILES string of the molecule is CC(C)c1cc2c(cc1OCS)OCO2. The minimum absolute atomic E-state index is 0.289. The standard InChI is InChI=1S/C11H14O3S/c1-7(2)8-3-10-11(13-5-12-10)4-9(8)14-6-15/h3-4,7,15H,5-6H2,1-2H3. The molecule has 1 heterocycles. The van der Waals surface area contributed by atoms with Gasteiger partial charge in [0.25, 0.3) is 0 Å². The average molecular weight is 226 g/mol. The van der Waals surface area contributed by atoms with Crippen LogP contribution in [0.5, 0.6) is 17.2 Å². The van der Waals surface area contributed by atoms with Crippen molar-refractivity contribution in [3.05, 3.63) is 17.7 Å². The predicted octanol–water partition coefficient (Wildman–Crippen LogP) is 2.80. The Labute approximate surface area is 94.7 Å². The van der Waals surface area contributed by atoms with E-state index in [1.54, 1.807) is 0 Å². The van der Waals surface area contributed by atoms with Crippen LogP contribution < -0.4 is 14.2 Å². The van der Waals surface area contributed by atoms with Gasteiger partial charge in [-0.15, -0.1) is 12.6 Å². The van der Waals surface area contributed by atoms with Crippen molar-refractivity contribution in [3.8, 4) is 17.2 Å². The lowest BCUT2D eigenvalue weighted by molar-refractivity contribution is 0.174. The molecular formula is C11H14O3S. The van der Waals surface area contributed by atoms with Gasteiger partial charge < -0.3 is 14.2 Å². The molecule has 0 atom stereocenters. The van der Waals surface area contributed by atoms with E-state index in [0.717, 1.165) is 22.8 Å². The van der Waals surface area contributed by atoms with Crippen LogP contribution in [0.2, 0.25) is 0 Å². The molecular weight excluding hydrogens is 212 g/mol. The van der Waals surface area contributed by atoms with Crippen LogP contribution in [-0.2, 0) is 0 Å². The second-order valence-electron chi connectivity index (χ2n) is 3.67. The molecule has 0 unspecified atom stereocenters. The third kappa shape index (κ3) is 2.00. The topological polar surface area (TPSA) is 27.7 Å². The Morgan fingerprint density at radius 2 is 2.00 bits per heavy atom. The summed E-state index contributed by atoms with van der Waals surface area (Å²) >= 11 is 4.06. The van der Waals surface area contributed by atoms with Crippen molar-refractivity contribution in [2.45, 2.75) is 19.8 Å². The van der Waals surface area contributed by atoms with Gasteiger partial charge in [-0.3, -0.25) is 0 Å². The van der Waals surface area contributed by atoms with Crippen LogP contribution >= 0.6 is 12.6 Å². The molecule has 2 rings (SSSR count). The fourth-order valence-corrected chi connectivity index (χ4v) is 1.72. The molecule has 0 aromatic heterocycles. The van der Waals surface area contributed by atoms with Gasteiger partial charge >= 0.3 is 0 Å². The minimum atomic E-state index is 0.289. The maximum atomic E-state index is 5.45. The summed E-state index contributed by atoms with van der Waals surface area (Å²) in [7, 11) is 0. The van der Waals surface area contributed by atoms with E-state index in [4.69, 9.17) is 14.2 Å². The smallest absolute Gasteiger partial charge is 0.231 e. The summed E-state index contributed by atoms with van der Waals surface area (Å²) in [5.41, 5.74) is 1.12. The highest BCUT2D eigenvalue weighted by Crippen LogP contribution is 2.40. The van der Waals surface area contributed by atoms with Crippen molar-refractivity contribution in [1.82, 2.24) is 0 Å². The Morgan fingerprint density at radius 1 is 1.33 bits per heavy atom. The molecule has 0 saturated carbocycles. The Bertz CT molecular complexity index is 363. The fourth-order valence-electron chi connectivity index (χ4n) is 1.58. The number of hydrogen-bond acceptors (Lipinski definition) is 4. The molecule has 0 aliphatic carbocycles. The van der Waals surface area contributed by atoms with Crippen molar-refractivity contribution in [2.75, 3.05) is 12.7 Å². The molecule has 0 bridgehead atoms. The molecule has 1 aromatic carbocycles. The fraction of sp³-hybridized carbons (Fsp3) is 0.455. The van der Waals surface area contributed by atoms with Gasteiger partial charge in [0.15, 0.2) is 11.5 Å². The van der Waals surface area contributed by atoms with Gasteiger partial charge in [-0.2, -0.15) is 0 Å². The van der Waals surface area contributed by atoms with Crippen molar-refractivity contribution >= 4 is 12.6 Å². The summed E-state index contributed by atoms with van der Waals surface area (Å²) in [6.07, 6.45) is 0. The van der Waals surface area contributed by atoms with E-state index in [2.05, 4.69) is 26.5 Å². The van der Waals surface area contributed by atoms with Gasteiger partial charge in [0.1, 0.15) is 11.7 Å². The lowest BCUT2D eigenvalue weighted by Crippen LogP contribution is -1.97. The van der Waals surface area contributed by atoms with Crippen molar-refractivity contribution in [3.63, 3.8) is 0 Å². The lowest BCUT2D eigenvalue weighted by atomic mass is 10.0. The van der Waals surface area contributed by atoms with Crippen LogP contribution in [0.4, 0.5) is 0 Å². The van der Waals surface area contributed by atoms with Crippen LogP contribution in [0.1, 0.15) is 25.3 Å². The normalized spacial score (nSPS) is 13.3. The molecule has 1 aliphatic heterocycles. The maximum Gasteiger partial charge on any atom is 0.231 e. The number of fused-ring (bicyclic) bond motifs is 1. The van der Waals surface area contributed by atoms with Crippen LogP contribution in [0.25, 0.3) is 0 Å². The molecule has 82 valence electrons. The number of benzene rings is 1. The van der Waals surface area contributed by atoms with Crippen LogP contribution in [-0.4, -0.2) is 12.7 Å². The summed E-state index contributed by atoms with van der Waals surface area (Å²) in [6.45, 7) is 4.52. The van der Waals surface area contributed by atoms with E-state index in [1.807, 2.05) is 12.1 Å². The Hall–Kier alpha value is -1.03. The molecule has 3 nitrogen and oxygen atoms in total. The van der Waals surface area contributed by atoms with Gasteiger partial charge in [-0.1, -0.05) is 13.8 Å². The van der Waals surface area contributed by atoms with Crippen molar-refractivity contribution < 1.29 is 14.2 Å². The highest BCUT2D eigenvalue weighted by atomic mass is 32.1. The minimum Gasteiger partial charge on any atom is -0.483 e. The quantitative estimate of drug-likeness (QED) is 0.634. The van der Waals surface area contributed by atoms with Gasteiger partial charge in [-0.25, -0.2) is 0 Å². The molecule has 0 N–H and O–H groups in total. The lowest BCUT2D eigenvalue weighted by Gasteiger charge is -2.13. The highest BCUT2D eigenvalue weighted by molar-refractivity contribution is 7.80. The Kier molecular flexibility index (Phi) is 2.95. The van der Waals surface area contributed by atoms with Gasteiger partial charge in [-0.05, 0) is 12.0 Å². The largest absolute Gasteiger partial charge is 0.483 e. The Morgan fingerprint density at radius 3 is 2.60 bits per heavy atom. The van der Waals surface area contributed by atoms with E-state index in [1.165, 1.54) is 0 Å². The summed E-state index contributed by atoms with van der Waals surface area (Å²) < 4.78 is 16.1. The van der Waals surface area contributed by atoms with Gasteiger partial charge in [0.2, 0.25) is 6.79 Å². The maximum absolute atomic E-state index is 5.45. The van der Waals surface area contributed by atoms with Gasteiger partial charge in [0, 0.05) is 11.6 Å². The first-order valence-electron chi connectivity index (χ1n) is 4.89. The predicted molar refractivity (Wildman–Crippen MR) is 61.1 cm³/mol. The van der Waals surface area contributed by atoms with Crippen molar-refractivity contribution in [2.24, 2.45) is 0 Å². The summed E-state index contributed by atoms with van der Waals surface area (Å²) in [5.74, 6) is 3.11. The number of hydrogen-bond donors (Lipinski definition) is 1. The third-order valence-electron chi connectivity index (χ3n) is 2.35. The number of ether oxygens (including phenoxy) is 3. The summed E-state index contributed by atoms with van der Waals surface area (Å²) in [4.78, 5) is 0. The number of rotatable bonds is 3. The van der Waals surface area contributed by atoms with Crippen molar-refractivity contribution in [1.29, 1.82) is 0 Å². The first-order valence-corrected chi connectivity index (χ1v) is 5.53. The molecule has 0 saturated heterocycles. The zero-order chi connectivity index (χ0) is 10.8. The average Bonchev–Trinajstić information content (AvgIpc) is 2.63. The highest BCUT2D eigenvalue weighted by Gasteiger charge is 2.19.